The second-order valence-corrected chi connectivity index (χ2v) is 9.36. The Kier molecular flexibility index (Phi) is 6.68. The van der Waals surface area contributed by atoms with Crippen molar-refractivity contribution in [2.75, 3.05) is 6.54 Å². The Bertz CT molecular complexity index is 907. The topological polar surface area (TPSA) is 66.5 Å². The van der Waals surface area contributed by atoms with E-state index in [1.807, 2.05) is 37.3 Å². The van der Waals surface area contributed by atoms with Gasteiger partial charge >= 0.3 is 0 Å². The van der Waals surface area contributed by atoms with Crippen molar-refractivity contribution in [1.82, 2.24) is 9.62 Å². The lowest BCUT2D eigenvalue weighted by Crippen LogP contribution is -2.40. The van der Waals surface area contributed by atoms with E-state index in [9.17, 15) is 13.2 Å². The van der Waals surface area contributed by atoms with Gasteiger partial charge in [-0.1, -0.05) is 41.9 Å². The van der Waals surface area contributed by atoms with E-state index in [2.05, 4.69) is 4.72 Å². The van der Waals surface area contributed by atoms with Crippen molar-refractivity contribution in [2.24, 2.45) is 0 Å². The second-order valence-electron chi connectivity index (χ2n) is 7.31. The molecule has 7 heteroatoms. The van der Waals surface area contributed by atoms with Gasteiger partial charge in [0.05, 0.1) is 5.02 Å². The molecule has 0 aliphatic rings. The van der Waals surface area contributed by atoms with Crippen LogP contribution in [0.5, 0.6) is 0 Å². The number of amides is 1. The molecule has 0 radical (unpaired) electrons. The van der Waals surface area contributed by atoms with E-state index >= 15 is 0 Å². The van der Waals surface area contributed by atoms with Gasteiger partial charge in [-0.3, -0.25) is 4.79 Å². The van der Waals surface area contributed by atoms with Crippen LogP contribution in [-0.2, 0) is 16.6 Å². The lowest BCUT2D eigenvalue weighted by Gasteiger charge is -2.23. The number of carbonyl (C=O) groups excluding carboxylic acids is 1. The number of nitrogens with one attached hydrogen (secondary N) is 1. The predicted octanol–water partition coefficient (Wildman–Crippen LogP) is 4.08. The van der Waals surface area contributed by atoms with Crippen molar-refractivity contribution < 1.29 is 13.2 Å². The summed E-state index contributed by atoms with van der Waals surface area (Å²) in [7, 11) is -3.85. The third-order valence-electron chi connectivity index (χ3n) is 3.79. The number of sulfonamides is 1. The quantitative estimate of drug-likeness (QED) is 0.783. The van der Waals surface area contributed by atoms with Gasteiger partial charge in [-0.15, -0.1) is 0 Å². The first-order valence-corrected chi connectivity index (χ1v) is 10.6. The molecule has 0 saturated heterocycles. The van der Waals surface area contributed by atoms with Gasteiger partial charge in [-0.25, -0.2) is 13.1 Å². The number of hydrogen-bond acceptors (Lipinski definition) is 3. The van der Waals surface area contributed by atoms with E-state index in [4.69, 9.17) is 11.6 Å². The van der Waals surface area contributed by atoms with Crippen molar-refractivity contribution in [2.45, 2.75) is 44.7 Å². The first-order valence-electron chi connectivity index (χ1n) is 8.70. The summed E-state index contributed by atoms with van der Waals surface area (Å²) >= 11 is 6.11. The second kappa shape index (κ2) is 8.42. The molecule has 0 heterocycles. The molecule has 1 amide bonds. The molecule has 0 saturated carbocycles. The van der Waals surface area contributed by atoms with Crippen molar-refractivity contribution in [3.63, 3.8) is 0 Å². The van der Waals surface area contributed by atoms with Crippen LogP contribution in [0.25, 0.3) is 0 Å². The maximum atomic E-state index is 12.9. The molecule has 27 heavy (non-hydrogen) atoms. The van der Waals surface area contributed by atoms with Crippen LogP contribution in [0.15, 0.2) is 53.4 Å². The minimum Gasteiger partial charge on any atom is -0.335 e. The zero-order valence-corrected chi connectivity index (χ0v) is 17.6. The summed E-state index contributed by atoms with van der Waals surface area (Å²) in [6, 6.07) is 14.0. The Morgan fingerprint density at radius 1 is 1.11 bits per heavy atom. The minimum absolute atomic E-state index is 0.0782. The fraction of sp³-hybridized carbons (Fsp3) is 0.350. The summed E-state index contributed by atoms with van der Waals surface area (Å²) in [4.78, 5) is 14.5. The van der Waals surface area contributed by atoms with E-state index in [-0.39, 0.29) is 21.4 Å². The molecule has 0 unspecified atom stereocenters. The van der Waals surface area contributed by atoms with Crippen LogP contribution in [0.1, 0.15) is 43.6 Å². The van der Waals surface area contributed by atoms with Crippen LogP contribution in [0.2, 0.25) is 5.02 Å². The van der Waals surface area contributed by atoms with Gasteiger partial charge < -0.3 is 4.90 Å². The fourth-order valence-electron chi connectivity index (χ4n) is 2.61. The first kappa shape index (κ1) is 21.4. The summed E-state index contributed by atoms with van der Waals surface area (Å²) in [5.74, 6) is -0.245. The first-order chi connectivity index (χ1) is 12.5. The highest BCUT2D eigenvalue weighted by Crippen LogP contribution is 2.25. The predicted molar refractivity (Wildman–Crippen MR) is 108 cm³/mol. The van der Waals surface area contributed by atoms with Gasteiger partial charge in [0.1, 0.15) is 4.90 Å². The molecule has 0 aliphatic heterocycles. The molecule has 0 spiro atoms. The number of halogens is 1. The molecule has 5 nitrogen and oxygen atoms in total. The molecule has 2 aromatic rings. The zero-order valence-electron chi connectivity index (χ0n) is 16.0. The van der Waals surface area contributed by atoms with Gasteiger partial charge in [0, 0.05) is 24.2 Å². The summed E-state index contributed by atoms with van der Waals surface area (Å²) in [5.41, 5.74) is 0.626. The van der Waals surface area contributed by atoms with Gasteiger partial charge in [0.25, 0.3) is 5.91 Å². The normalized spacial score (nSPS) is 12.0. The van der Waals surface area contributed by atoms with Gasteiger partial charge in [0.2, 0.25) is 10.0 Å². The largest absolute Gasteiger partial charge is 0.335 e. The Labute approximate surface area is 166 Å². The van der Waals surface area contributed by atoms with Crippen molar-refractivity contribution in [3.8, 4) is 0 Å². The van der Waals surface area contributed by atoms with E-state index in [0.29, 0.717) is 13.1 Å². The Morgan fingerprint density at radius 2 is 1.74 bits per heavy atom. The smallest absolute Gasteiger partial charge is 0.254 e. The molecule has 0 aliphatic carbocycles. The van der Waals surface area contributed by atoms with Crippen LogP contribution in [0.3, 0.4) is 0 Å². The lowest BCUT2D eigenvalue weighted by molar-refractivity contribution is 0.0752. The minimum atomic E-state index is -3.85. The molecular formula is C20H25ClN2O3S. The standard InChI is InChI=1S/C20H25ClN2O3S/c1-5-23(14-15-9-7-6-8-10-15)19(24)16-11-12-17(21)18(13-16)27(25,26)22-20(2,3)4/h6-13,22H,5,14H2,1-4H3. The molecule has 0 atom stereocenters. The third kappa shape index (κ3) is 5.79. The molecule has 0 fully saturated rings. The molecule has 0 aromatic heterocycles. The number of rotatable bonds is 6. The summed E-state index contributed by atoms with van der Waals surface area (Å²) in [6.07, 6.45) is 0. The highest BCUT2D eigenvalue weighted by atomic mass is 35.5. The highest BCUT2D eigenvalue weighted by Gasteiger charge is 2.26. The Hall–Kier alpha value is -1.89. The molecule has 1 N–H and O–H groups in total. The lowest BCUT2D eigenvalue weighted by atomic mass is 10.1. The average Bonchev–Trinajstić information content (AvgIpc) is 2.58. The van der Waals surface area contributed by atoms with Crippen molar-refractivity contribution >= 4 is 27.5 Å². The van der Waals surface area contributed by atoms with Crippen LogP contribution in [0.4, 0.5) is 0 Å². The van der Waals surface area contributed by atoms with E-state index in [1.165, 1.54) is 12.1 Å². The number of nitrogens with zero attached hydrogens (tertiary/aromatic N) is 1. The molecule has 2 aromatic carbocycles. The van der Waals surface area contributed by atoms with Gasteiger partial charge in [-0.2, -0.15) is 0 Å². The monoisotopic (exact) mass is 408 g/mol. The number of carbonyl (C=O) groups is 1. The van der Waals surface area contributed by atoms with Gasteiger partial charge in [-0.05, 0) is 51.5 Å². The third-order valence-corrected chi connectivity index (χ3v) is 6.03. The van der Waals surface area contributed by atoms with Crippen LogP contribution in [0, 0.1) is 0 Å². The molecule has 146 valence electrons. The van der Waals surface area contributed by atoms with E-state index < -0.39 is 15.6 Å². The average molecular weight is 409 g/mol. The fourth-order valence-corrected chi connectivity index (χ4v) is 4.56. The van der Waals surface area contributed by atoms with Crippen molar-refractivity contribution in [1.29, 1.82) is 0 Å². The number of hydrogen-bond donors (Lipinski definition) is 1. The Morgan fingerprint density at radius 3 is 2.30 bits per heavy atom. The summed E-state index contributed by atoms with van der Waals surface area (Å²) in [6.45, 7) is 8.06. The number of benzene rings is 2. The maximum absolute atomic E-state index is 12.9. The highest BCUT2D eigenvalue weighted by molar-refractivity contribution is 7.89. The van der Waals surface area contributed by atoms with Gasteiger partial charge in [0.15, 0.2) is 0 Å². The van der Waals surface area contributed by atoms with Crippen molar-refractivity contribution in [3.05, 3.63) is 64.7 Å². The molecular weight excluding hydrogens is 384 g/mol. The molecule has 2 rings (SSSR count). The molecule has 0 bridgehead atoms. The summed E-state index contributed by atoms with van der Waals surface area (Å²) < 4.78 is 27.9. The van der Waals surface area contributed by atoms with E-state index in [0.717, 1.165) is 5.56 Å². The summed E-state index contributed by atoms with van der Waals surface area (Å²) in [5, 5.41) is 0.0782. The SMILES string of the molecule is CCN(Cc1ccccc1)C(=O)c1ccc(Cl)c(S(=O)(=O)NC(C)(C)C)c1. The van der Waals surface area contributed by atoms with E-state index in [1.54, 1.807) is 31.7 Å². The zero-order chi connectivity index (χ0) is 20.2. The Balaban J connectivity index is 2.34. The van der Waals surface area contributed by atoms with Crippen LogP contribution >= 0.6 is 11.6 Å². The maximum Gasteiger partial charge on any atom is 0.254 e. The van der Waals surface area contributed by atoms with Crippen LogP contribution in [-0.4, -0.2) is 31.3 Å². The van der Waals surface area contributed by atoms with Crippen LogP contribution < -0.4 is 4.72 Å².